The molecular weight excluding hydrogens is 270 g/mol. The highest BCUT2D eigenvalue weighted by atomic mass is 16.5. The van der Waals surface area contributed by atoms with Gasteiger partial charge in [-0.1, -0.05) is 19.0 Å². The Morgan fingerprint density at radius 2 is 2.05 bits per heavy atom. The lowest BCUT2D eigenvalue weighted by atomic mass is 9.86. The zero-order valence-electron chi connectivity index (χ0n) is 13.1. The summed E-state index contributed by atoms with van der Waals surface area (Å²) in [5.41, 5.74) is 6.26. The van der Waals surface area contributed by atoms with Gasteiger partial charge < -0.3 is 25.7 Å². The Labute approximate surface area is 125 Å². The molecule has 1 aromatic rings. The van der Waals surface area contributed by atoms with Crippen molar-refractivity contribution >= 4 is 11.5 Å². The van der Waals surface area contributed by atoms with Crippen LogP contribution in [0.5, 0.6) is 11.5 Å². The van der Waals surface area contributed by atoms with Crippen molar-refractivity contribution in [3.8, 4) is 11.5 Å². The van der Waals surface area contributed by atoms with Crippen LogP contribution in [0.2, 0.25) is 0 Å². The van der Waals surface area contributed by atoms with Crippen molar-refractivity contribution in [2.75, 3.05) is 26.1 Å². The molecule has 6 heteroatoms. The molecule has 0 aliphatic rings. The first-order valence-corrected chi connectivity index (χ1v) is 6.88. The van der Waals surface area contributed by atoms with Crippen LogP contribution in [0, 0.1) is 5.41 Å². The van der Waals surface area contributed by atoms with Gasteiger partial charge in [-0.15, -0.1) is 0 Å². The van der Waals surface area contributed by atoms with E-state index in [-0.39, 0.29) is 11.3 Å². The summed E-state index contributed by atoms with van der Waals surface area (Å²) in [6.45, 7) is 4.68. The summed E-state index contributed by atoms with van der Waals surface area (Å²) in [5.74, 6) is 1.75. The summed E-state index contributed by atoms with van der Waals surface area (Å²) in [4.78, 5) is 0. The zero-order chi connectivity index (χ0) is 15.9. The molecule has 118 valence electrons. The number of nitrogens with zero attached hydrogens (tertiary/aromatic N) is 1. The summed E-state index contributed by atoms with van der Waals surface area (Å²) < 4.78 is 10.5. The third-order valence-corrected chi connectivity index (χ3v) is 3.50. The number of ether oxygens (including phenoxy) is 2. The van der Waals surface area contributed by atoms with Gasteiger partial charge >= 0.3 is 0 Å². The second-order valence-corrected chi connectivity index (χ2v) is 5.47. The number of rotatable bonds is 8. The molecule has 0 unspecified atom stereocenters. The monoisotopic (exact) mass is 295 g/mol. The minimum absolute atomic E-state index is 0.254. The Bertz CT molecular complexity index is 487. The lowest BCUT2D eigenvalue weighted by Gasteiger charge is -2.22. The van der Waals surface area contributed by atoms with Crippen LogP contribution in [0.4, 0.5) is 5.69 Å². The lowest BCUT2D eigenvalue weighted by Crippen LogP contribution is -2.32. The second-order valence-electron chi connectivity index (χ2n) is 5.47. The molecule has 0 atom stereocenters. The molecule has 0 saturated carbocycles. The molecule has 4 N–H and O–H groups in total. The van der Waals surface area contributed by atoms with Gasteiger partial charge in [0.05, 0.1) is 19.9 Å². The number of benzene rings is 1. The molecule has 0 aliphatic carbocycles. The molecule has 0 saturated heterocycles. The minimum Gasteiger partial charge on any atom is -0.497 e. The fourth-order valence-electron chi connectivity index (χ4n) is 1.96. The van der Waals surface area contributed by atoms with E-state index < -0.39 is 0 Å². The predicted octanol–water partition coefficient (Wildman–Crippen LogP) is 2.67. The first-order chi connectivity index (χ1) is 9.94. The minimum atomic E-state index is -0.319. The van der Waals surface area contributed by atoms with Crippen molar-refractivity contribution in [1.29, 1.82) is 0 Å². The van der Waals surface area contributed by atoms with Gasteiger partial charge in [0, 0.05) is 18.0 Å². The lowest BCUT2D eigenvalue weighted by molar-refractivity contribution is 0.305. The first-order valence-electron chi connectivity index (χ1n) is 6.88. The van der Waals surface area contributed by atoms with Gasteiger partial charge in [-0.25, -0.2) is 0 Å². The van der Waals surface area contributed by atoms with E-state index in [2.05, 4.69) is 10.5 Å². The van der Waals surface area contributed by atoms with E-state index in [0.29, 0.717) is 0 Å². The van der Waals surface area contributed by atoms with E-state index in [1.54, 1.807) is 14.2 Å². The van der Waals surface area contributed by atoms with Crippen molar-refractivity contribution < 1.29 is 14.7 Å². The number of hydrogen-bond donors (Lipinski definition) is 3. The molecule has 0 bridgehead atoms. The van der Waals surface area contributed by atoms with Crippen molar-refractivity contribution in [3.05, 3.63) is 18.2 Å². The van der Waals surface area contributed by atoms with Gasteiger partial charge in [-0.2, -0.15) is 0 Å². The molecule has 0 aromatic heterocycles. The molecule has 21 heavy (non-hydrogen) atoms. The molecule has 0 spiro atoms. The maximum Gasteiger partial charge on any atom is 0.145 e. The third-order valence-electron chi connectivity index (χ3n) is 3.50. The number of nitrogens with two attached hydrogens (primary N) is 1. The first kappa shape index (κ1) is 16.9. The molecule has 1 rings (SSSR count). The van der Waals surface area contributed by atoms with Gasteiger partial charge in [-0.3, -0.25) is 0 Å². The average Bonchev–Trinajstić information content (AvgIpc) is 2.50. The van der Waals surface area contributed by atoms with Gasteiger partial charge in [-0.05, 0) is 25.0 Å². The van der Waals surface area contributed by atoms with Gasteiger partial charge in [0.2, 0.25) is 0 Å². The Morgan fingerprint density at radius 3 is 2.62 bits per heavy atom. The molecule has 0 fully saturated rings. The fourth-order valence-corrected chi connectivity index (χ4v) is 1.96. The van der Waals surface area contributed by atoms with Crippen molar-refractivity contribution in [2.45, 2.75) is 26.7 Å². The molecule has 0 amide bonds. The fraction of sp³-hybridized carbons (Fsp3) is 0.533. The largest absolute Gasteiger partial charge is 0.497 e. The Hall–Kier alpha value is -2.11. The van der Waals surface area contributed by atoms with E-state index in [4.69, 9.17) is 20.4 Å². The molecule has 0 radical (unpaired) electrons. The smallest absolute Gasteiger partial charge is 0.145 e. The zero-order valence-corrected chi connectivity index (χ0v) is 13.1. The summed E-state index contributed by atoms with van der Waals surface area (Å²) in [5, 5.41) is 15.1. The Balaban J connectivity index is 2.53. The number of oxime groups is 1. The van der Waals surface area contributed by atoms with E-state index in [0.717, 1.165) is 36.6 Å². The summed E-state index contributed by atoms with van der Waals surface area (Å²) >= 11 is 0. The maximum atomic E-state index is 8.74. The summed E-state index contributed by atoms with van der Waals surface area (Å²) in [7, 11) is 3.25. The maximum absolute atomic E-state index is 8.74. The number of amidine groups is 1. The van der Waals surface area contributed by atoms with Crippen LogP contribution in [-0.4, -0.2) is 31.8 Å². The van der Waals surface area contributed by atoms with Crippen molar-refractivity contribution in [3.63, 3.8) is 0 Å². The highest BCUT2D eigenvalue weighted by Gasteiger charge is 2.22. The van der Waals surface area contributed by atoms with Crippen LogP contribution in [0.25, 0.3) is 0 Å². The van der Waals surface area contributed by atoms with Gasteiger partial charge in [0.25, 0.3) is 0 Å². The SMILES string of the molecule is COc1ccc(NCCCC(C)(C)C(N)=NO)c(OC)c1. The van der Waals surface area contributed by atoms with Crippen LogP contribution < -0.4 is 20.5 Å². The third kappa shape index (κ3) is 4.73. The second kappa shape index (κ2) is 7.61. The number of hydrogen-bond acceptors (Lipinski definition) is 5. The molecule has 0 heterocycles. The topological polar surface area (TPSA) is 89.1 Å². The Morgan fingerprint density at radius 1 is 1.33 bits per heavy atom. The standard InChI is InChI=1S/C15H25N3O3/c1-15(2,14(16)18-19)8-5-9-17-12-7-6-11(20-3)10-13(12)21-4/h6-7,10,17,19H,5,8-9H2,1-4H3,(H2,16,18). The van der Waals surface area contributed by atoms with E-state index in [9.17, 15) is 0 Å². The number of anilines is 1. The van der Waals surface area contributed by atoms with Crippen molar-refractivity contribution in [2.24, 2.45) is 16.3 Å². The molecule has 6 nitrogen and oxygen atoms in total. The predicted molar refractivity (Wildman–Crippen MR) is 84.5 cm³/mol. The molecular formula is C15H25N3O3. The van der Waals surface area contributed by atoms with Crippen molar-refractivity contribution in [1.82, 2.24) is 0 Å². The highest BCUT2D eigenvalue weighted by Crippen LogP contribution is 2.29. The van der Waals surface area contributed by atoms with Gasteiger partial charge in [0.1, 0.15) is 17.3 Å². The van der Waals surface area contributed by atoms with Crippen LogP contribution in [0.1, 0.15) is 26.7 Å². The normalized spacial score (nSPS) is 12.1. The van der Waals surface area contributed by atoms with E-state index >= 15 is 0 Å². The average molecular weight is 295 g/mol. The van der Waals surface area contributed by atoms with Gasteiger partial charge in [0.15, 0.2) is 0 Å². The van der Waals surface area contributed by atoms with Crippen LogP contribution in [0.15, 0.2) is 23.4 Å². The van der Waals surface area contributed by atoms with Crippen LogP contribution >= 0.6 is 0 Å². The summed E-state index contributed by atoms with van der Waals surface area (Å²) in [6.07, 6.45) is 1.70. The number of methoxy groups -OCH3 is 2. The number of nitrogens with one attached hydrogen (secondary N) is 1. The Kier molecular flexibility index (Phi) is 6.14. The summed E-state index contributed by atoms with van der Waals surface area (Å²) in [6, 6.07) is 5.64. The quantitative estimate of drug-likeness (QED) is 0.225. The van der Waals surface area contributed by atoms with Crippen LogP contribution in [-0.2, 0) is 0 Å². The van der Waals surface area contributed by atoms with E-state index in [1.807, 2.05) is 32.0 Å². The highest BCUT2D eigenvalue weighted by molar-refractivity contribution is 5.85. The molecule has 0 aliphatic heterocycles. The van der Waals surface area contributed by atoms with Crippen LogP contribution in [0.3, 0.4) is 0 Å². The van der Waals surface area contributed by atoms with E-state index in [1.165, 1.54) is 0 Å². The molecule has 1 aromatic carbocycles.